The lowest BCUT2D eigenvalue weighted by molar-refractivity contribution is 1.18. The van der Waals surface area contributed by atoms with Crippen LogP contribution in [-0.2, 0) is 0 Å². The van der Waals surface area contributed by atoms with E-state index in [4.69, 9.17) is 13.1 Å². The number of fused-ring (bicyclic) bond motifs is 6. The fourth-order valence-electron chi connectivity index (χ4n) is 12.9. The fraction of sp³-hybridized carbons (Fsp3) is 0. The smallest absolute Gasteiger partial charge is 0.189 e. The molecule has 0 bridgehead atoms. The Hall–Kier alpha value is -11.0. The molecule has 0 spiro atoms. The third-order valence-electron chi connectivity index (χ3n) is 16.6. The molecular weight excluding hydrogens is 969 g/mol. The van der Waals surface area contributed by atoms with E-state index in [-0.39, 0.29) is 0 Å². The molecule has 0 aliphatic carbocycles. The molecule has 0 aliphatic heterocycles. The molecule has 17 aromatic rings. The van der Waals surface area contributed by atoms with Crippen LogP contribution in [0.5, 0.6) is 0 Å². The van der Waals surface area contributed by atoms with Crippen LogP contribution in [0.15, 0.2) is 267 Å². The lowest BCUT2D eigenvalue weighted by Crippen LogP contribution is -1.93. The van der Waals surface area contributed by atoms with Crippen LogP contribution in [0, 0.1) is 13.1 Å². The van der Waals surface area contributed by atoms with Crippen molar-refractivity contribution in [3.05, 3.63) is 290 Å². The minimum atomic E-state index is 0.649. The third kappa shape index (κ3) is 7.07. The summed E-state index contributed by atoms with van der Waals surface area (Å²) < 4.78 is 4.57. The molecule has 80 heavy (non-hydrogen) atoms. The van der Waals surface area contributed by atoms with Crippen LogP contribution in [0.4, 0.5) is 11.4 Å². The van der Waals surface area contributed by atoms with E-state index in [1.165, 1.54) is 109 Å². The van der Waals surface area contributed by atoms with Gasteiger partial charge >= 0.3 is 0 Å². The van der Waals surface area contributed by atoms with E-state index in [1.54, 1.807) is 0 Å². The van der Waals surface area contributed by atoms with Gasteiger partial charge < -0.3 is 9.13 Å². The van der Waals surface area contributed by atoms with Crippen molar-refractivity contribution >= 4 is 120 Å². The molecule has 17 rings (SSSR count). The van der Waals surface area contributed by atoms with Gasteiger partial charge in [0.1, 0.15) is 0 Å². The fourth-order valence-corrected chi connectivity index (χ4v) is 12.9. The predicted octanol–water partition coefficient (Wildman–Crippen LogP) is 21.5. The van der Waals surface area contributed by atoms with Crippen molar-refractivity contribution < 1.29 is 0 Å². The lowest BCUT2D eigenvalue weighted by atomic mass is 9.89. The summed E-state index contributed by atoms with van der Waals surface area (Å²) in [6.07, 6.45) is 0. The molecule has 0 unspecified atom stereocenters. The Balaban J connectivity index is 0.000000134. The third-order valence-corrected chi connectivity index (χ3v) is 16.6. The van der Waals surface area contributed by atoms with Crippen molar-refractivity contribution in [2.45, 2.75) is 0 Å². The highest BCUT2D eigenvalue weighted by molar-refractivity contribution is 6.26. The van der Waals surface area contributed by atoms with Crippen LogP contribution >= 0.6 is 0 Å². The largest absolute Gasteiger partial charge is 0.310 e. The molecular formula is C76H44N4. The molecule has 0 N–H and O–H groups in total. The van der Waals surface area contributed by atoms with E-state index in [0.29, 0.717) is 11.4 Å². The van der Waals surface area contributed by atoms with Crippen molar-refractivity contribution in [2.75, 3.05) is 0 Å². The molecule has 0 atom stereocenters. The summed E-state index contributed by atoms with van der Waals surface area (Å²) in [5.74, 6) is 0. The van der Waals surface area contributed by atoms with Gasteiger partial charge in [-0.05, 0) is 183 Å². The number of hydrogen-bond acceptors (Lipinski definition) is 0. The van der Waals surface area contributed by atoms with Gasteiger partial charge in [0, 0.05) is 44.0 Å². The topological polar surface area (TPSA) is 18.6 Å². The average molecular weight is 1010 g/mol. The molecule has 0 radical (unpaired) electrons. The zero-order valence-corrected chi connectivity index (χ0v) is 43.2. The predicted molar refractivity (Wildman–Crippen MR) is 338 cm³/mol. The van der Waals surface area contributed by atoms with Gasteiger partial charge in [-0.2, -0.15) is 0 Å². The standard InChI is InChI=1S/C41H24N2.C35H20N2/c1-42-34-17-19-37-36-18-16-27(24-38(36)43(39(37)25-34)35-10-6-3-7-11-35)33-22-30-14-12-28-20-32(26-8-4-2-5-9-26)21-29-13-15-31(23-33)41(30)40(28)29;1-36-28-15-17-31-30-16-14-24(20-32(30)37(33(31)21-28)29-8-3-2-4-9-29)27-18-25-12-10-22-6-5-7-23-11-13-26(19-27)35(25)34(22)23/h2-25H;2-21H. The van der Waals surface area contributed by atoms with Crippen molar-refractivity contribution in [2.24, 2.45) is 0 Å². The van der Waals surface area contributed by atoms with E-state index in [2.05, 4.69) is 249 Å². The number of nitrogens with zero attached hydrogens (tertiary/aromatic N) is 4. The summed E-state index contributed by atoms with van der Waals surface area (Å²) in [7, 11) is 0. The maximum atomic E-state index is 7.59. The van der Waals surface area contributed by atoms with Gasteiger partial charge in [-0.15, -0.1) is 0 Å². The first kappa shape index (κ1) is 45.2. The molecule has 15 aromatic carbocycles. The Morgan fingerprint density at radius 2 is 0.537 bits per heavy atom. The molecule has 0 saturated carbocycles. The summed E-state index contributed by atoms with van der Waals surface area (Å²) in [4.78, 5) is 7.41. The first-order chi connectivity index (χ1) is 39.5. The molecule has 2 heterocycles. The van der Waals surface area contributed by atoms with Gasteiger partial charge in [0.2, 0.25) is 0 Å². The zero-order chi connectivity index (χ0) is 53.0. The summed E-state index contributed by atoms with van der Waals surface area (Å²) in [6, 6.07) is 95.6. The van der Waals surface area contributed by atoms with Crippen molar-refractivity contribution in [1.29, 1.82) is 0 Å². The summed E-state index contributed by atoms with van der Waals surface area (Å²) in [6.45, 7) is 15.1. The Morgan fingerprint density at radius 3 is 0.912 bits per heavy atom. The maximum absolute atomic E-state index is 7.59. The summed E-state index contributed by atoms with van der Waals surface area (Å²) in [5.41, 5.74) is 15.1. The van der Waals surface area contributed by atoms with E-state index < -0.39 is 0 Å². The van der Waals surface area contributed by atoms with Crippen LogP contribution in [0.25, 0.3) is 163 Å². The quantitative estimate of drug-likeness (QED) is 0.121. The zero-order valence-electron chi connectivity index (χ0n) is 43.2. The van der Waals surface area contributed by atoms with Crippen LogP contribution in [0.2, 0.25) is 0 Å². The van der Waals surface area contributed by atoms with E-state index in [9.17, 15) is 0 Å². The molecule has 0 saturated heterocycles. The Bertz CT molecular complexity index is 5290. The van der Waals surface area contributed by atoms with Crippen LogP contribution in [0.1, 0.15) is 0 Å². The maximum Gasteiger partial charge on any atom is 0.189 e. The van der Waals surface area contributed by atoms with Crippen molar-refractivity contribution in [1.82, 2.24) is 9.13 Å². The van der Waals surface area contributed by atoms with Crippen molar-refractivity contribution in [3.63, 3.8) is 0 Å². The first-order valence-corrected chi connectivity index (χ1v) is 27.0. The highest BCUT2D eigenvalue weighted by atomic mass is 15.0. The van der Waals surface area contributed by atoms with Crippen LogP contribution in [-0.4, -0.2) is 9.13 Å². The number of rotatable bonds is 5. The number of benzene rings is 15. The van der Waals surface area contributed by atoms with Crippen molar-refractivity contribution in [3.8, 4) is 44.8 Å². The molecule has 4 heteroatoms. The Labute approximate surface area is 460 Å². The molecule has 0 amide bonds. The highest BCUT2D eigenvalue weighted by Crippen LogP contribution is 2.44. The van der Waals surface area contributed by atoms with Gasteiger partial charge in [-0.25, -0.2) is 9.69 Å². The van der Waals surface area contributed by atoms with Crippen LogP contribution < -0.4 is 0 Å². The second kappa shape index (κ2) is 17.8. The van der Waals surface area contributed by atoms with Gasteiger partial charge in [0.05, 0.1) is 24.2 Å². The van der Waals surface area contributed by atoms with Gasteiger partial charge in [0.25, 0.3) is 0 Å². The Kier molecular flexibility index (Phi) is 10.0. The van der Waals surface area contributed by atoms with E-state index in [0.717, 1.165) is 44.2 Å². The molecule has 2 aromatic heterocycles. The SMILES string of the molecule is [C-]#[N+]c1ccc2c3ccc(-c4cc5ccc6cc(-c7ccccc7)cc7ccc(c4)c5c67)cc3n(-c3ccccc3)c2c1.[C-]#[N+]c1ccc2c3ccc(-c4cc5ccc6cccc7ccc(c4)c5c67)cc3n(-c3ccccc3)c2c1. The van der Waals surface area contributed by atoms with Gasteiger partial charge in [-0.3, -0.25) is 0 Å². The molecule has 0 fully saturated rings. The number of para-hydroxylation sites is 2. The van der Waals surface area contributed by atoms with Crippen LogP contribution in [0.3, 0.4) is 0 Å². The minimum absolute atomic E-state index is 0.649. The average Bonchev–Trinajstić information content (AvgIpc) is 4.06. The molecule has 0 aliphatic rings. The normalized spacial score (nSPS) is 11.7. The number of hydrogen-bond donors (Lipinski definition) is 0. The van der Waals surface area contributed by atoms with E-state index in [1.807, 2.05) is 36.4 Å². The van der Waals surface area contributed by atoms with Gasteiger partial charge in [-0.1, -0.05) is 182 Å². The summed E-state index contributed by atoms with van der Waals surface area (Å²) in [5, 5.41) is 20.2. The molecule has 4 nitrogen and oxygen atoms in total. The second-order valence-electron chi connectivity index (χ2n) is 21.0. The molecule has 368 valence electrons. The number of aromatic nitrogens is 2. The highest BCUT2D eigenvalue weighted by Gasteiger charge is 2.19. The van der Waals surface area contributed by atoms with Gasteiger partial charge in [0.15, 0.2) is 11.4 Å². The monoisotopic (exact) mass is 1010 g/mol. The first-order valence-electron chi connectivity index (χ1n) is 27.0. The Morgan fingerprint density at radius 1 is 0.225 bits per heavy atom. The second-order valence-corrected chi connectivity index (χ2v) is 21.0. The minimum Gasteiger partial charge on any atom is -0.310 e. The summed E-state index contributed by atoms with van der Waals surface area (Å²) >= 11 is 0. The lowest BCUT2D eigenvalue weighted by Gasteiger charge is -2.15. The van der Waals surface area contributed by atoms with E-state index >= 15 is 0 Å².